The van der Waals surface area contributed by atoms with Crippen molar-refractivity contribution in [3.63, 3.8) is 0 Å². The lowest BCUT2D eigenvalue weighted by Crippen LogP contribution is -2.29. The smallest absolute Gasteiger partial charge is 0.264 e. The molecule has 0 spiro atoms. The second-order valence-electron chi connectivity index (χ2n) is 7.13. The minimum Gasteiger partial charge on any atom is -0.497 e. The summed E-state index contributed by atoms with van der Waals surface area (Å²) in [4.78, 5) is 17.2. The molecule has 1 N–H and O–H groups in total. The molecule has 0 unspecified atom stereocenters. The predicted molar refractivity (Wildman–Crippen MR) is 118 cm³/mol. The summed E-state index contributed by atoms with van der Waals surface area (Å²) in [5, 5.41) is 2.91. The van der Waals surface area contributed by atoms with E-state index < -0.39 is 10.0 Å². The maximum Gasteiger partial charge on any atom is 0.264 e. The van der Waals surface area contributed by atoms with E-state index in [0.717, 1.165) is 11.3 Å². The van der Waals surface area contributed by atoms with Crippen LogP contribution in [0, 0.1) is 0 Å². The molecular formula is C23H23N3O4S. The van der Waals surface area contributed by atoms with Crippen molar-refractivity contribution in [2.75, 3.05) is 24.5 Å². The zero-order valence-corrected chi connectivity index (χ0v) is 17.9. The van der Waals surface area contributed by atoms with Gasteiger partial charge in [-0.1, -0.05) is 12.1 Å². The molecule has 0 aliphatic carbocycles. The molecule has 1 aliphatic heterocycles. The average molecular weight is 438 g/mol. The van der Waals surface area contributed by atoms with Crippen molar-refractivity contribution in [1.82, 2.24) is 10.3 Å². The van der Waals surface area contributed by atoms with Gasteiger partial charge in [0.25, 0.3) is 15.9 Å². The van der Waals surface area contributed by atoms with Crippen molar-refractivity contribution in [3.05, 3.63) is 83.7 Å². The van der Waals surface area contributed by atoms with Crippen LogP contribution in [-0.4, -0.2) is 39.5 Å². The molecular weight excluding hydrogens is 414 g/mol. The van der Waals surface area contributed by atoms with Crippen LogP contribution in [-0.2, 0) is 22.9 Å². The summed E-state index contributed by atoms with van der Waals surface area (Å²) in [6, 6.07) is 17.2. The lowest BCUT2D eigenvalue weighted by Gasteiger charge is -2.20. The molecule has 4 rings (SSSR count). The molecule has 1 aromatic heterocycles. The molecule has 2 heterocycles. The minimum absolute atomic E-state index is 0.186. The Bertz CT molecular complexity index is 1180. The van der Waals surface area contributed by atoms with Gasteiger partial charge in [-0.2, -0.15) is 0 Å². The van der Waals surface area contributed by atoms with E-state index in [1.54, 1.807) is 36.5 Å². The van der Waals surface area contributed by atoms with Crippen LogP contribution < -0.4 is 14.4 Å². The molecule has 0 atom stereocenters. The summed E-state index contributed by atoms with van der Waals surface area (Å²) < 4.78 is 32.8. The molecule has 3 aromatic rings. The van der Waals surface area contributed by atoms with E-state index >= 15 is 0 Å². The van der Waals surface area contributed by atoms with Crippen LogP contribution in [0.2, 0.25) is 0 Å². The first-order valence-electron chi connectivity index (χ1n) is 9.97. The third-order valence-corrected chi connectivity index (χ3v) is 7.10. The second kappa shape index (κ2) is 8.77. The SMILES string of the molecule is COc1ccc(S(=O)(=O)N2CCc3c(C(=O)NCCc4ccccn4)cccc32)cc1. The Kier molecular flexibility index (Phi) is 5.90. The average Bonchev–Trinajstić information content (AvgIpc) is 3.25. The summed E-state index contributed by atoms with van der Waals surface area (Å²) in [6.45, 7) is 0.745. The second-order valence-corrected chi connectivity index (χ2v) is 9.00. The fourth-order valence-electron chi connectivity index (χ4n) is 3.69. The van der Waals surface area contributed by atoms with Gasteiger partial charge in [0, 0.05) is 37.0 Å². The zero-order valence-electron chi connectivity index (χ0n) is 17.1. The number of hydrogen-bond acceptors (Lipinski definition) is 5. The van der Waals surface area contributed by atoms with Gasteiger partial charge in [0.1, 0.15) is 5.75 Å². The van der Waals surface area contributed by atoms with E-state index in [-0.39, 0.29) is 10.8 Å². The third kappa shape index (κ3) is 4.25. The van der Waals surface area contributed by atoms with E-state index in [1.165, 1.54) is 23.5 Å². The number of sulfonamides is 1. The number of nitrogens with one attached hydrogen (secondary N) is 1. The quantitative estimate of drug-likeness (QED) is 0.614. The van der Waals surface area contributed by atoms with Crippen LogP contribution in [0.3, 0.4) is 0 Å². The van der Waals surface area contributed by atoms with Crippen LogP contribution in [0.5, 0.6) is 5.75 Å². The highest BCUT2D eigenvalue weighted by Crippen LogP contribution is 2.35. The molecule has 0 fully saturated rings. The van der Waals surface area contributed by atoms with Gasteiger partial charge in [-0.15, -0.1) is 0 Å². The minimum atomic E-state index is -3.73. The Hall–Kier alpha value is -3.39. The topological polar surface area (TPSA) is 88.6 Å². The maximum atomic E-state index is 13.2. The van der Waals surface area contributed by atoms with Gasteiger partial charge in [0.15, 0.2) is 0 Å². The van der Waals surface area contributed by atoms with Crippen molar-refractivity contribution in [2.24, 2.45) is 0 Å². The third-order valence-electron chi connectivity index (χ3n) is 5.27. The largest absolute Gasteiger partial charge is 0.497 e. The Labute approximate surface area is 181 Å². The number of methoxy groups -OCH3 is 1. The molecule has 31 heavy (non-hydrogen) atoms. The predicted octanol–water partition coefficient (Wildman–Crippen LogP) is 2.81. The normalized spacial score (nSPS) is 13.0. The lowest BCUT2D eigenvalue weighted by atomic mass is 10.0. The number of rotatable bonds is 7. The number of hydrogen-bond donors (Lipinski definition) is 1. The first kappa shape index (κ1) is 20.9. The fraction of sp³-hybridized carbons (Fsp3) is 0.217. The summed E-state index contributed by atoms with van der Waals surface area (Å²) in [5.74, 6) is 0.377. The van der Waals surface area contributed by atoms with Crippen LogP contribution in [0.4, 0.5) is 5.69 Å². The van der Waals surface area contributed by atoms with Crippen molar-refractivity contribution >= 4 is 21.6 Å². The van der Waals surface area contributed by atoms with Crippen LogP contribution in [0.15, 0.2) is 71.8 Å². The van der Waals surface area contributed by atoms with Crippen molar-refractivity contribution in [2.45, 2.75) is 17.7 Å². The fourth-order valence-corrected chi connectivity index (χ4v) is 5.18. The molecule has 8 heteroatoms. The zero-order chi connectivity index (χ0) is 21.8. The van der Waals surface area contributed by atoms with Gasteiger partial charge in [-0.05, 0) is 60.5 Å². The van der Waals surface area contributed by atoms with Crippen molar-refractivity contribution in [1.29, 1.82) is 0 Å². The number of fused-ring (bicyclic) bond motifs is 1. The summed E-state index contributed by atoms with van der Waals surface area (Å²) in [6.07, 6.45) is 2.83. The summed E-state index contributed by atoms with van der Waals surface area (Å²) >= 11 is 0. The molecule has 0 bridgehead atoms. The highest BCUT2D eigenvalue weighted by Gasteiger charge is 2.33. The van der Waals surface area contributed by atoms with Gasteiger partial charge >= 0.3 is 0 Å². The number of benzene rings is 2. The molecule has 0 saturated heterocycles. The molecule has 1 aliphatic rings. The van der Waals surface area contributed by atoms with Gasteiger partial charge < -0.3 is 10.1 Å². The lowest BCUT2D eigenvalue weighted by molar-refractivity contribution is 0.0953. The van der Waals surface area contributed by atoms with Crippen molar-refractivity contribution in [3.8, 4) is 5.75 Å². The monoisotopic (exact) mass is 437 g/mol. The summed E-state index contributed by atoms with van der Waals surface area (Å²) in [5.41, 5.74) is 2.70. The molecule has 0 saturated carbocycles. The highest BCUT2D eigenvalue weighted by molar-refractivity contribution is 7.92. The van der Waals surface area contributed by atoms with E-state index in [0.29, 0.717) is 42.9 Å². The van der Waals surface area contributed by atoms with E-state index in [4.69, 9.17) is 4.74 Å². The molecule has 1 amide bonds. The highest BCUT2D eigenvalue weighted by atomic mass is 32.2. The Morgan fingerprint density at radius 2 is 1.90 bits per heavy atom. The first-order valence-corrected chi connectivity index (χ1v) is 11.4. The van der Waals surface area contributed by atoms with Gasteiger partial charge in [0.05, 0.1) is 17.7 Å². The Morgan fingerprint density at radius 1 is 1.10 bits per heavy atom. The standard InChI is InChI=1S/C23H23N3O4S/c1-30-18-8-10-19(11-9-18)31(28,29)26-16-13-20-21(6-4-7-22(20)26)23(27)25-15-12-17-5-2-3-14-24-17/h2-11,14H,12-13,15-16H2,1H3,(H,25,27). The number of pyridine rings is 1. The maximum absolute atomic E-state index is 13.2. The first-order chi connectivity index (χ1) is 15.0. The van der Waals surface area contributed by atoms with Gasteiger partial charge in [-0.25, -0.2) is 8.42 Å². The van der Waals surface area contributed by atoms with Crippen LogP contribution in [0.1, 0.15) is 21.6 Å². The number of carbonyl (C=O) groups is 1. The van der Waals surface area contributed by atoms with Crippen LogP contribution >= 0.6 is 0 Å². The van der Waals surface area contributed by atoms with E-state index in [9.17, 15) is 13.2 Å². The van der Waals surface area contributed by atoms with Gasteiger partial charge in [0.2, 0.25) is 0 Å². The van der Waals surface area contributed by atoms with E-state index in [1.807, 2.05) is 18.2 Å². The molecule has 0 radical (unpaired) electrons. The summed E-state index contributed by atoms with van der Waals surface area (Å²) in [7, 11) is -2.20. The molecule has 7 nitrogen and oxygen atoms in total. The number of nitrogens with zero attached hydrogens (tertiary/aromatic N) is 2. The Balaban J connectivity index is 1.52. The van der Waals surface area contributed by atoms with Crippen molar-refractivity contribution < 1.29 is 17.9 Å². The van der Waals surface area contributed by atoms with E-state index in [2.05, 4.69) is 10.3 Å². The number of carbonyl (C=O) groups excluding carboxylic acids is 1. The van der Waals surface area contributed by atoms with Crippen LogP contribution in [0.25, 0.3) is 0 Å². The molecule has 160 valence electrons. The van der Waals surface area contributed by atoms with Gasteiger partial charge in [-0.3, -0.25) is 14.1 Å². The molecule has 2 aromatic carbocycles. The number of aromatic nitrogens is 1. The number of ether oxygens (including phenoxy) is 1. The number of amides is 1. The Morgan fingerprint density at radius 3 is 2.61 bits per heavy atom. The number of anilines is 1.